The molecule has 37 heavy (non-hydrogen) atoms. The van der Waals surface area contributed by atoms with Crippen LogP contribution in [-0.2, 0) is 13.0 Å². The first-order valence-corrected chi connectivity index (χ1v) is 12.0. The summed E-state index contributed by atoms with van der Waals surface area (Å²) < 4.78 is 16.2. The first-order chi connectivity index (χ1) is 18.2. The quantitative estimate of drug-likeness (QED) is 0.259. The predicted molar refractivity (Wildman–Crippen MR) is 142 cm³/mol. The fourth-order valence-corrected chi connectivity index (χ4v) is 4.32. The molecular weight excluding hydrogens is 466 g/mol. The van der Waals surface area contributed by atoms with E-state index in [0.29, 0.717) is 48.3 Å². The van der Waals surface area contributed by atoms with Crippen molar-refractivity contribution in [2.24, 2.45) is 0 Å². The minimum absolute atomic E-state index is 0.0414. The molecule has 0 atom stereocenters. The number of nitrogens with zero attached hydrogens (tertiary/aromatic N) is 3. The molecule has 1 aromatic heterocycles. The van der Waals surface area contributed by atoms with E-state index in [-0.39, 0.29) is 5.91 Å². The summed E-state index contributed by atoms with van der Waals surface area (Å²) in [5, 5.41) is 6.10. The second-order valence-electron chi connectivity index (χ2n) is 8.57. The molecule has 0 unspecified atom stereocenters. The van der Waals surface area contributed by atoms with Crippen molar-refractivity contribution in [3.8, 4) is 22.9 Å². The monoisotopic (exact) mass is 493 g/mol. The molecule has 0 aliphatic rings. The van der Waals surface area contributed by atoms with Crippen molar-refractivity contribution in [1.29, 1.82) is 0 Å². The van der Waals surface area contributed by atoms with Crippen molar-refractivity contribution in [3.63, 3.8) is 0 Å². The lowest BCUT2D eigenvalue weighted by atomic mass is 10.0. The molecule has 0 saturated carbocycles. The molecule has 0 saturated heterocycles. The van der Waals surface area contributed by atoms with Gasteiger partial charge in [0, 0.05) is 30.6 Å². The van der Waals surface area contributed by atoms with Gasteiger partial charge in [-0.3, -0.25) is 4.79 Å². The standard InChI is InChI=1S/C30H27N3O4/c1-35-26-16-15-23(19-27(26)36-2)29-31-28(37-32-29)17-18-33(20-21-9-4-3-5-10-21)30(34)25-14-8-12-22-11-6-7-13-24(22)25/h3-16,19H,17-18,20H2,1-2H3. The molecule has 1 amide bonds. The van der Waals surface area contributed by atoms with Crippen molar-refractivity contribution in [2.75, 3.05) is 20.8 Å². The van der Waals surface area contributed by atoms with E-state index >= 15 is 0 Å². The van der Waals surface area contributed by atoms with Crippen LogP contribution in [0.25, 0.3) is 22.2 Å². The van der Waals surface area contributed by atoms with Crippen LogP contribution in [0, 0.1) is 0 Å². The van der Waals surface area contributed by atoms with Gasteiger partial charge in [0.2, 0.25) is 11.7 Å². The fourth-order valence-electron chi connectivity index (χ4n) is 4.32. The van der Waals surface area contributed by atoms with Crippen molar-refractivity contribution < 1.29 is 18.8 Å². The van der Waals surface area contributed by atoms with Gasteiger partial charge in [0.1, 0.15) is 0 Å². The Kier molecular flexibility index (Phi) is 7.12. The third-order valence-corrected chi connectivity index (χ3v) is 6.23. The van der Waals surface area contributed by atoms with Crippen LogP contribution in [0.3, 0.4) is 0 Å². The lowest BCUT2D eigenvalue weighted by Crippen LogP contribution is -2.32. The van der Waals surface area contributed by atoms with E-state index in [4.69, 9.17) is 14.0 Å². The van der Waals surface area contributed by atoms with E-state index in [0.717, 1.165) is 21.9 Å². The molecule has 0 bridgehead atoms. The maximum Gasteiger partial charge on any atom is 0.254 e. The minimum atomic E-state index is -0.0414. The molecule has 1 heterocycles. The van der Waals surface area contributed by atoms with Gasteiger partial charge in [-0.1, -0.05) is 71.9 Å². The van der Waals surface area contributed by atoms with Gasteiger partial charge in [0.25, 0.3) is 5.91 Å². The second kappa shape index (κ2) is 11.0. The summed E-state index contributed by atoms with van der Waals surface area (Å²) >= 11 is 0. The van der Waals surface area contributed by atoms with Gasteiger partial charge in [0.15, 0.2) is 11.5 Å². The molecule has 186 valence electrons. The van der Waals surface area contributed by atoms with Crippen LogP contribution in [0.2, 0.25) is 0 Å². The molecule has 0 N–H and O–H groups in total. The van der Waals surface area contributed by atoms with Gasteiger partial charge >= 0.3 is 0 Å². The summed E-state index contributed by atoms with van der Waals surface area (Å²) in [7, 11) is 3.17. The molecule has 0 fully saturated rings. The smallest absolute Gasteiger partial charge is 0.254 e. The van der Waals surface area contributed by atoms with E-state index < -0.39 is 0 Å². The van der Waals surface area contributed by atoms with Crippen molar-refractivity contribution in [2.45, 2.75) is 13.0 Å². The number of carbonyl (C=O) groups is 1. The molecule has 7 nitrogen and oxygen atoms in total. The van der Waals surface area contributed by atoms with E-state index in [9.17, 15) is 4.79 Å². The SMILES string of the molecule is COc1ccc(-c2noc(CCN(Cc3ccccc3)C(=O)c3cccc4ccccc34)n2)cc1OC. The third kappa shape index (κ3) is 5.30. The Hall–Kier alpha value is -4.65. The highest BCUT2D eigenvalue weighted by atomic mass is 16.5. The highest BCUT2D eigenvalue weighted by Gasteiger charge is 2.20. The Morgan fingerprint density at radius 1 is 0.865 bits per heavy atom. The van der Waals surface area contributed by atoms with Crippen molar-refractivity contribution >= 4 is 16.7 Å². The summed E-state index contributed by atoms with van der Waals surface area (Å²) in [5.41, 5.74) is 2.47. The largest absolute Gasteiger partial charge is 0.493 e. The Balaban J connectivity index is 1.38. The van der Waals surface area contributed by atoms with E-state index in [1.807, 2.05) is 83.8 Å². The highest BCUT2D eigenvalue weighted by molar-refractivity contribution is 6.07. The van der Waals surface area contributed by atoms with Crippen LogP contribution < -0.4 is 9.47 Å². The lowest BCUT2D eigenvalue weighted by molar-refractivity contribution is 0.0743. The zero-order valence-electron chi connectivity index (χ0n) is 20.8. The Labute approximate surface area is 215 Å². The van der Waals surface area contributed by atoms with Crippen LogP contribution in [0.1, 0.15) is 21.8 Å². The van der Waals surface area contributed by atoms with E-state index in [1.165, 1.54) is 0 Å². The van der Waals surface area contributed by atoms with Crippen LogP contribution in [-0.4, -0.2) is 41.7 Å². The number of aromatic nitrogens is 2. The zero-order chi connectivity index (χ0) is 25.6. The second-order valence-corrected chi connectivity index (χ2v) is 8.57. The van der Waals surface area contributed by atoms with Gasteiger partial charge < -0.3 is 18.9 Å². The Morgan fingerprint density at radius 3 is 2.43 bits per heavy atom. The summed E-state index contributed by atoms with van der Waals surface area (Å²) in [6.45, 7) is 0.893. The Morgan fingerprint density at radius 2 is 1.62 bits per heavy atom. The number of hydrogen-bond donors (Lipinski definition) is 0. The number of carbonyl (C=O) groups excluding carboxylic acids is 1. The van der Waals surface area contributed by atoms with Gasteiger partial charge in [-0.25, -0.2) is 0 Å². The average molecular weight is 494 g/mol. The number of fused-ring (bicyclic) bond motifs is 1. The number of benzene rings is 4. The summed E-state index contributed by atoms with van der Waals surface area (Å²) in [6, 6.07) is 29.2. The molecule has 0 spiro atoms. The molecule has 5 rings (SSSR count). The van der Waals surface area contributed by atoms with Gasteiger partial charge in [-0.15, -0.1) is 0 Å². The first kappa shape index (κ1) is 24.1. The Bertz CT molecular complexity index is 1510. The van der Waals surface area contributed by atoms with Gasteiger partial charge in [0.05, 0.1) is 14.2 Å². The summed E-state index contributed by atoms with van der Waals surface area (Å²) in [4.78, 5) is 20.2. The number of rotatable bonds is 9. The van der Waals surface area contributed by atoms with Gasteiger partial charge in [-0.2, -0.15) is 4.98 Å². The highest BCUT2D eigenvalue weighted by Crippen LogP contribution is 2.31. The molecule has 0 radical (unpaired) electrons. The van der Waals surface area contributed by atoms with Gasteiger partial charge in [-0.05, 0) is 40.6 Å². The number of hydrogen-bond acceptors (Lipinski definition) is 6. The average Bonchev–Trinajstić information content (AvgIpc) is 3.44. The number of ether oxygens (including phenoxy) is 2. The fraction of sp³-hybridized carbons (Fsp3) is 0.167. The maximum atomic E-state index is 13.8. The molecule has 0 aliphatic heterocycles. The molecule has 4 aromatic carbocycles. The molecule has 5 aromatic rings. The molecular formula is C30H27N3O4. The summed E-state index contributed by atoms with van der Waals surface area (Å²) in [5.74, 6) is 2.07. The number of amides is 1. The zero-order valence-corrected chi connectivity index (χ0v) is 20.8. The maximum absolute atomic E-state index is 13.8. The van der Waals surface area contributed by atoms with E-state index in [1.54, 1.807) is 26.4 Å². The van der Waals surface area contributed by atoms with E-state index in [2.05, 4.69) is 10.1 Å². The van der Waals surface area contributed by atoms with Crippen LogP contribution >= 0.6 is 0 Å². The lowest BCUT2D eigenvalue weighted by Gasteiger charge is -2.23. The van der Waals surface area contributed by atoms with Crippen molar-refractivity contribution in [1.82, 2.24) is 15.0 Å². The third-order valence-electron chi connectivity index (χ3n) is 6.23. The first-order valence-electron chi connectivity index (χ1n) is 12.0. The molecule has 0 aliphatic carbocycles. The minimum Gasteiger partial charge on any atom is -0.493 e. The summed E-state index contributed by atoms with van der Waals surface area (Å²) in [6.07, 6.45) is 0.420. The van der Waals surface area contributed by atoms with Crippen LogP contribution in [0.5, 0.6) is 11.5 Å². The molecule has 7 heteroatoms. The van der Waals surface area contributed by atoms with Crippen molar-refractivity contribution in [3.05, 3.63) is 108 Å². The van der Waals surface area contributed by atoms with Crippen LogP contribution in [0.4, 0.5) is 0 Å². The normalized spacial score (nSPS) is 10.9. The predicted octanol–water partition coefficient (Wildman–Crippen LogP) is 5.79. The topological polar surface area (TPSA) is 77.7 Å². The number of methoxy groups -OCH3 is 2. The van der Waals surface area contributed by atoms with Crippen LogP contribution in [0.15, 0.2) is 95.5 Å².